The van der Waals surface area contributed by atoms with Crippen molar-refractivity contribution >= 4 is 0 Å². The Morgan fingerprint density at radius 3 is 2.33 bits per heavy atom. The minimum atomic E-state index is -0.477. The van der Waals surface area contributed by atoms with E-state index in [4.69, 9.17) is 5.73 Å². The summed E-state index contributed by atoms with van der Waals surface area (Å²) < 4.78 is 0. The number of nitrogens with two attached hydrogens (primary N) is 1. The zero-order valence-corrected chi connectivity index (χ0v) is 12.3. The lowest BCUT2D eigenvalue weighted by atomic mass is 9.56. The van der Waals surface area contributed by atoms with Gasteiger partial charge in [0.25, 0.3) is 0 Å². The third-order valence-corrected chi connectivity index (χ3v) is 5.90. The molecule has 0 aromatic heterocycles. The van der Waals surface area contributed by atoms with Crippen LogP contribution in [0.4, 0.5) is 0 Å². The molecule has 106 valence electrons. The summed E-state index contributed by atoms with van der Waals surface area (Å²) >= 11 is 0. The van der Waals surface area contributed by atoms with Gasteiger partial charge in [0.2, 0.25) is 0 Å². The quantitative estimate of drug-likeness (QED) is 0.809. The molecule has 0 radical (unpaired) electrons. The zero-order chi connectivity index (χ0) is 13.2. The van der Waals surface area contributed by atoms with E-state index in [1.807, 2.05) is 0 Å². The number of hydrogen-bond acceptors (Lipinski definition) is 2. The van der Waals surface area contributed by atoms with Gasteiger partial charge in [-0.3, -0.25) is 0 Å². The summed E-state index contributed by atoms with van der Waals surface area (Å²) in [4.78, 5) is 0. The van der Waals surface area contributed by atoms with E-state index in [0.717, 1.165) is 25.7 Å². The van der Waals surface area contributed by atoms with E-state index in [0.29, 0.717) is 18.4 Å². The molecule has 2 atom stereocenters. The van der Waals surface area contributed by atoms with Crippen molar-refractivity contribution in [2.75, 3.05) is 6.54 Å². The highest BCUT2D eigenvalue weighted by atomic mass is 16.3. The molecule has 2 fully saturated rings. The van der Waals surface area contributed by atoms with E-state index in [-0.39, 0.29) is 5.41 Å². The molecule has 0 saturated heterocycles. The van der Waals surface area contributed by atoms with Gasteiger partial charge in [0.1, 0.15) is 0 Å². The molecule has 0 spiro atoms. The van der Waals surface area contributed by atoms with Crippen LogP contribution in [-0.2, 0) is 0 Å². The van der Waals surface area contributed by atoms with Crippen LogP contribution in [0.5, 0.6) is 0 Å². The van der Waals surface area contributed by atoms with Crippen LogP contribution in [0.2, 0.25) is 0 Å². The molecule has 2 rings (SSSR count). The van der Waals surface area contributed by atoms with Crippen molar-refractivity contribution in [3.05, 3.63) is 0 Å². The van der Waals surface area contributed by atoms with Gasteiger partial charge < -0.3 is 10.8 Å². The molecule has 2 nitrogen and oxygen atoms in total. The second-order valence-electron chi connectivity index (χ2n) is 7.18. The first-order valence-corrected chi connectivity index (χ1v) is 7.95. The Bertz CT molecular complexity index is 270. The molecular formula is C16H31NO. The largest absolute Gasteiger partial charge is 0.389 e. The summed E-state index contributed by atoms with van der Waals surface area (Å²) in [7, 11) is 0. The molecule has 18 heavy (non-hydrogen) atoms. The van der Waals surface area contributed by atoms with Gasteiger partial charge in [0, 0.05) is 12.0 Å². The van der Waals surface area contributed by atoms with Gasteiger partial charge in [-0.25, -0.2) is 0 Å². The van der Waals surface area contributed by atoms with Crippen LogP contribution < -0.4 is 5.73 Å². The predicted molar refractivity (Wildman–Crippen MR) is 76.3 cm³/mol. The van der Waals surface area contributed by atoms with Gasteiger partial charge in [-0.15, -0.1) is 0 Å². The van der Waals surface area contributed by atoms with Crippen molar-refractivity contribution in [1.29, 1.82) is 0 Å². The van der Waals surface area contributed by atoms with Gasteiger partial charge in [-0.2, -0.15) is 0 Å². The summed E-state index contributed by atoms with van der Waals surface area (Å²) in [5.41, 5.74) is 5.67. The maximum Gasteiger partial charge on any atom is 0.0718 e. The molecule has 2 unspecified atom stereocenters. The molecule has 3 N–H and O–H groups in total. The van der Waals surface area contributed by atoms with Crippen LogP contribution in [-0.4, -0.2) is 17.3 Å². The van der Waals surface area contributed by atoms with Crippen molar-refractivity contribution in [1.82, 2.24) is 0 Å². The molecule has 0 heterocycles. The van der Waals surface area contributed by atoms with Crippen LogP contribution >= 0.6 is 0 Å². The third-order valence-electron chi connectivity index (χ3n) is 5.90. The van der Waals surface area contributed by atoms with E-state index in [9.17, 15) is 5.11 Å². The van der Waals surface area contributed by atoms with Crippen molar-refractivity contribution in [3.63, 3.8) is 0 Å². The molecule has 0 bridgehead atoms. The highest BCUT2D eigenvalue weighted by Crippen LogP contribution is 2.52. The average molecular weight is 253 g/mol. The maximum absolute atomic E-state index is 11.3. The molecule has 2 aliphatic rings. The van der Waals surface area contributed by atoms with E-state index in [2.05, 4.69) is 13.8 Å². The number of aliphatic hydroxyl groups is 1. The molecule has 0 amide bonds. The Balaban J connectivity index is 2.16. The Labute approximate surface area is 112 Å². The zero-order valence-electron chi connectivity index (χ0n) is 12.3. The van der Waals surface area contributed by atoms with Crippen molar-refractivity contribution in [2.45, 2.75) is 77.2 Å². The average Bonchev–Trinajstić information content (AvgIpc) is 2.39. The standard InChI is InChI=1S/C16H31NO/c1-13(2)14-7-6-10-16(18,11-14)15(12-17)8-4-3-5-9-15/h13-14,18H,3-12,17H2,1-2H3. The van der Waals surface area contributed by atoms with Crippen LogP contribution in [0, 0.1) is 17.3 Å². The number of rotatable bonds is 3. The lowest BCUT2D eigenvalue weighted by molar-refractivity contribution is -0.136. The Hall–Kier alpha value is -0.0800. The maximum atomic E-state index is 11.3. The molecule has 2 aliphatic carbocycles. The minimum Gasteiger partial charge on any atom is -0.389 e. The second kappa shape index (κ2) is 5.50. The summed E-state index contributed by atoms with van der Waals surface area (Å²) in [5, 5.41) is 11.3. The molecule has 0 aromatic rings. The fourth-order valence-corrected chi connectivity index (χ4v) is 4.43. The Morgan fingerprint density at radius 2 is 1.78 bits per heavy atom. The van der Waals surface area contributed by atoms with E-state index in [1.54, 1.807) is 0 Å². The lowest BCUT2D eigenvalue weighted by Crippen LogP contribution is -2.56. The molecule has 0 aliphatic heterocycles. The molecule has 2 saturated carbocycles. The summed E-state index contributed by atoms with van der Waals surface area (Å²) in [6, 6.07) is 0. The van der Waals surface area contributed by atoms with Crippen molar-refractivity contribution in [2.24, 2.45) is 23.0 Å². The fourth-order valence-electron chi connectivity index (χ4n) is 4.43. The van der Waals surface area contributed by atoms with E-state index >= 15 is 0 Å². The third kappa shape index (κ3) is 2.46. The van der Waals surface area contributed by atoms with Gasteiger partial charge in [-0.05, 0) is 43.9 Å². The fraction of sp³-hybridized carbons (Fsp3) is 1.00. The summed E-state index contributed by atoms with van der Waals surface area (Å²) in [6.45, 7) is 5.27. The van der Waals surface area contributed by atoms with Crippen molar-refractivity contribution < 1.29 is 5.11 Å². The molecule has 2 heteroatoms. The summed E-state index contributed by atoms with van der Waals surface area (Å²) in [5.74, 6) is 1.38. The van der Waals surface area contributed by atoms with Crippen LogP contribution in [0.1, 0.15) is 71.6 Å². The molecule has 0 aromatic carbocycles. The van der Waals surface area contributed by atoms with Gasteiger partial charge in [0.05, 0.1) is 5.60 Å². The highest BCUT2D eigenvalue weighted by molar-refractivity contribution is 5.03. The number of hydrogen-bond donors (Lipinski definition) is 2. The first-order valence-electron chi connectivity index (χ1n) is 7.95. The van der Waals surface area contributed by atoms with Crippen LogP contribution in [0.25, 0.3) is 0 Å². The van der Waals surface area contributed by atoms with E-state index in [1.165, 1.54) is 32.1 Å². The highest BCUT2D eigenvalue weighted by Gasteiger charge is 2.51. The van der Waals surface area contributed by atoms with Crippen molar-refractivity contribution in [3.8, 4) is 0 Å². The monoisotopic (exact) mass is 253 g/mol. The van der Waals surface area contributed by atoms with E-state index < -0.39 is 5.60 Å². The van der Waals surface area contributed by atoms with Gasteiger partial charge in [0.15, 0.2) is 0 Å². The normalized spacial score (nSPS) is 36.8. The molecular weight excluding hydrogens is 222 g/mol. The van der Waals surface area contributed by atoms with Gasteiger partial charge in [-0.1, -0.05) is 39.5 Å². The second-order valence-corrected chi connectivity index (χ2v) is 7.18. The lowest BCUT2D eigenvalue weighted by Gasteiger charge is -2.53. The van der Waals surface area contributed by atoms with Gasteiger partial charge >= 0.3 is 0 Å². The first kappa shape index (κ1) is 14.3. The Morgan fingerprint density at radius 1 is 1.11 bits per heavy atom. The first-order chi connectivity index (χ1) is 8.53. The topological polar surface area (TPSA) is 46.2 Å². The minimum absolute atomic E-state index is 0.0266. The van der Waals surface area contributed by atoms with Crippen LogP contribution in [0.15, 0.2) is 0 Å². The predicted octanol–water partition coefficient (Wildman–Crippen LogP) is 3.47. The SMILES string of the molecule is CC(C)C1CCCC(O)(C2(CN)CCCCC2)C1. The summed E-state index contributed by atoms with van der Waals surface area (Å²) in [6.07, 6.45) is 10.6. The smallest absolute Gasteiger partial charge is 0.0718 e. The van der Waals surface area contributed by atoms with Crippen LogP contribution in [0.3, 0.4) is 0 Å². The Kier molecular flexibility index (Phi) is 4.38.